The van der Waals surface area contributed by atoms with Crippen LogP contribution in [0.25, 0.3) is 0 Å². The molecule has 1 unspecified atom stereocenters. The first kappa shape index (κ1) is 14.3. The number of nitrogens with two attached hydrogens (primary N) is 1. The van der Waals surface area contributed by atoms with Crippen molar-refractivity contribution in [2.75, 3.05) is 18.0 Å². The molecular weight excluding hydrogens is 258 g/mol. The van der Waals surface area contributed by atoms with Gasteiger partial charge in [0.1, 0.15) is 11.5 Å². The Morgan fingerprint density at radius 3 is 2.95 bits per heavy atom. The van der Waals surface area contributed by atoms with Crippen molar-refractivity contribution < 1.29 is 14.7 Å². The lowest BCUT2D eigenvalue weighted by atomic mass is 9.93. The van der Waals surface area contributed by atoms with E-state index >= 15 is 0 Å². The molecule has 0 bridgehead atoms. The highest BCUT2D eigenvalue weighted by Gasteiger charge is 2.21. The maximum absolute atomic E-state index is 11.2. The van der Waals surface area contributed by atoms with Crippen molar-refractivity contribution >= 4 is 17.7 Å². The Hall–Kier alpha value is -2.11. The van der Waals surface area contributed by atoms with Crippen LogP contribution in [0.5, 0.6) is 0 Å². The molecule has 1 aromatic heterocycles. The summed E-state index contributed by atoms with van der Waals surface area (Å²) in [6, 6.07) is 5.22. The third kappa shape index (κ3) is 3.69. The molecule has 6 heteroatoms. The summed E-state index contributed by atoms with van der Waals surface area (Å²) in [6.07, 6.45) is 2.93. The van der Waals surface area contributed by atoms with Crippen molar-refractivity contribution in [2.24, 2.45) is 11.7 Å². The zero-order valence-electron chi connectivity index (χ0n) is 11.3. The zero-order chi connectivity index (χ0) is 14.5. The van der Waals surface area contributed by atoms with Gasteiger partial charge in [0.05, 0.1) is 0 Å². The Morgan fingerprint density at radius 2 is 2.25 bits per heavy atom. The summed E-state index contributed by atoms with van der Waals surface area (Å²) in [4.78, 5) is 28.1. The number of aliphatic carboxylic acids is 1. The van der Waals surface area contributed by atoms with Gasteiger partial charge in [0.2, 0.25) is 0 Å². The second-order valence-corrected chi connectivity index (χ2v) is 5.13. The normalized spacial score (nSPS) is 18.8. The van der Waals surface area contributed by atoms with Gasteiger partial charge in [-0.05, 0) is 37.3 Å². The van der Waals surface area contributed by atoms with Crippen LogP contribution in [0.2, 0.25) is 0 Å². The molecule has 1 aromatic rings. The maximum atomic E-state index is 11.2. The Balaban J connectivity index is 2.03. The van der Waals surface area contributed by atoms with Gasteiger partial charge in [-0.3, -0.25) is 9.59 Å². The first-order chi connectivity index (χ1) is 9.56. The second-order valence-electron chi connectivity index (χ2n) is 5.13. The number of hydrogen-bond donors (Lipinski definition) is 2. The minimum Gasteiger partial charge on any atom is -0.481 e. The Labute approximate surface area is 117 Å². The number of rotatable bonds is 5. The molecule has 1 atom stereocenters. The first-order valence-corrected chi connectivity index (χ1v) is 6.80. The first-order valence-electron chi connectivity index (χ1n) is 6.80. The lowest BCUT2D eigenvalue weighted by molar-refractivity contribution is -0.137. The van der Waals surface area contributed by atoms with Gasteiger partial charge in [-0.15, -0.1) is 0 Å². The molecule has 0 saturated carbocycles. The van der Waals surface area contributed by atoms with Gasteiger partial charge < -0.3 is 15.7 Å². The zero-order valence-corrected chi connectivity index (χ0v) is 11.3. The van der Waals surface area contributed by atoms with E-state index in [2.05, 4.69) is 9.88 Å². The number of anilines is 1. The monoisotopic (exact) mass is 277 g/mol. The second kappa shape index (κ2) is 6.36. The molecule has 1 aliphatic heterocycles. The van der Waals surface area contributed by atoms with Crippen molar-refractivity contribution in [1.29, 1.82) is 0 Å². The average molecular weight is 277 g/mol. The molecule has 108 valence electrons. The van der Waals surface area contributed by atoms with Crippen LogP contribution in [-0.2, 0) is 4.79 Å². The number of carboxylic acid groups (broad SMARTS) is 1. The number of carbonyl (C=O) groups excluding carboxylic acids is 1. The minimum atomic E-state index is -0.754. The summed E-state index contributed by atoms with van der Waals surface area (Å²) in [7, 11) is 0. The number of aromatic nitrogens is 1. The number of amides is 1. The van der Waals surface area contributed by atoms with Crippen molar-refractivity contribution in [3.63, 3.8) is 0 Å². The molecule has 1 amide bonds. The standard InChI is InChI=1S/C14H19N3O3/c15-14(20)11-4-1-5-12(16-11)17-8-2-3-10(9-17)6-7-13(18)19/h1,4-5,10H,2-3,6-9H2,(H2,15,20)(H,18,19). The summed E-state index contributed by atoms with van der Waals surface area (Å²) in [5.74, 6) is -0.192. The Bertz CT molecular complexity index is 504. The van der Waals surface area contributed by atoms with Crippen LogP contribution in [0.3, 0.4) is 0 Å². The van der Waals surface area contributed by atoms with E-state index in [4.69, 9.17) is 10.8 Å². The molecule has 0 aromatic carbocycles. The largest absolute Gasteiger partial charge is 0.481 e. The van der Waals surface area contributed by atoms with Crippen molar-refractivity contribution in [2.45, 2.75) is 25.7 Å². The van der Waals surface area contributed by atoms with Crippen LogP contribution in [0.1, 0.15) is 36.2 Å². The molecule has 1 saturated heterocycles. The highest BCUT2D eigenvalue weighted by Crippen LogP contribution is 2.24. The van der Waals surface area contributed by atoms with Crippen LogP contribution in [0, 0.1) is 5.92 Å². The average Bonchev–Trinajstić information content (AvgIpc) is 2.45. The third-order valence-electron chi connectivity index (χ3n) is 3.60. The fourth-order valence-electron chi connectivity index (χ4n) is 2.57. The van der Waals surface area contributed by atoms with E-state index in [9.17, 15) is 9.59 Å². The molecule has 0 aliphatic carbocycles. The third-order valence-corrected chi connectivity index (χ3v) is 3.60. The summed E-state index contributed by atoms with van der Waals surface area (Å²) in [5, 5.41) is 8.75. The number of primary amides is 1. The van der Waals surface area contributed by atoms with E-state index in [0.29, 0.717) is 12.3 Å². The molecule has 1 fully saturated rings. The van der Waals surface area contributed by atoms with Gasteiger partial charge in [-0.2, -0.15) is 0 Å². The lowest BCUT2D eigenvalue weighted by Crippen LogP contribution is -2.36. The quantitative estimate of drug-likeness (QED) is 0.844. The fourth-order valence-corrected chi connectivity index (χ4v) is 2.57. The molecule has 0 spiro atoms. The summed E-state index contributed by atoms with van der Waals surface area (Å²) in [5.41, 5.74) is 5.49. The number of hydrogen-bond acceptors (Lipinski definition) is 4. The van der Waals surface area contributed by atoms with Crippen LogP contribution in [0.4, 0.5) is 5.82 Å². The number of carbonyl (C=O) groups is 2. The predicted molar refractivity (Wildman–Crippen MR) is 74.6 cm³/mol. The highest BCUT2D eigenvalue weighted by molar-refractivity contribution is 5.91. The summed E-state index contributed by atoms with van der Waals surface area (Å²) < 4.78 is 0. The van der Waals surface area contributed by atoms with Crippen LogP contribution >= 0.6 is 0 Å². The van der Waals surface area contributed by atoms with Crippen LogP contribution in [0.15, 0.2) is 18.2 Å². The van der Waals surface area contributed by atoms with Crippen molar-refractivity contribution in [1.82, 2.24) is 4.98 Å². The smallest absolute Gasteiger partial charge is 0.303 e. The molecule has 3 N–H and O–H groups in total. The molecule has 2 heterocycles. The van der Waals surface area contributed by atoms with Gasteiger partial charge in [0.25, 0.3) is 5.91 Å². The predicted octanol–water partition coefficient (Wildman–Crippen LogP) is 1.26. The van der Waals surface area contributed by atoms with E-state index in [0.717, 1.165) is 31.7 Å². The van der Waals surface area contributed by atoms with Gasteiger partial charge >= 0.3 is 5.97 Å². The Morgan fingerprint density at radius 1 is 1.45 bits per heavy atom. The van der Waals surface area contributed by atoms with E-state index < -0.39 is 11.9 Å². The number of nitrogens with zero attached hydrogens (tertiary/aromatic N) is 2. The molecule has 1 aliphatic rings. The molecule has 20 heavy (non-hydrogen) atoms. The Kier molecular flexibility index (Phi) is 4.55. The number of piperidine rings is 1. The number of pyridine rings is 1. The van der Waals surface area contributed by atoms with Crippen molar-refractivity contribution in [3.8, 4) is 0 Å². The number of carboxylic acids is 1. The van der Waals surface area contributed by atoms with Gasteiger partial charge in [0.15, 0.2) is 0 Å². The van der Waals surface area contributed by atoms with Crippen LogP contribution in [-0.4, -0.2) is 35.1 Å². The van der Waals surface area contributed by atoms with E-state index in [1.54, 1.807) is 12.1 Å². The van der Waals surface area contributed by atoms with E-state index in [1.165, 1.54) is 0 Å². The summed E-state index contributed by atoms with van der Waals surface area (Å²) >= 11 is 0. The maximum Gasteiger partial charge on any atom is 0.303 e. The topological polar surface area (TPSA) is 96.5 Å². The van der Waals surface area contributed by atoms with Gasteiger partial charge in [-0.25, -0.2) is 4.98 Å². The molecule has 6 nitrogen and oxygen atoms in total. The van der Waals surface area contributed by atoms with Crippen molar-refractivity contribution in [3.05, 3.63) is 23.9 Å². The lowest BCUT2D eigenvalue weighted by Gasteiger charge is -2.33. The molecular formula is C14H19N3O3. The fraction of sp³-hybridized carbons (Fsp3) is 0.500. The van der Waals surface area contributed by atoms with E-state index in [-0.39, 0.29) is 12.1 Å². The molecule has 0 radical (unpaired) electrons. The minimum absolute atomic E-state index is 0.202. The molecule has 2 rings (SSSR count). The van der Waals surface area contributed by atoms with Crippen LogP contribution < -0.4 is 10.6 Å². The SMILES string of the molecule is NC(=O)c1cccc(N2CCCC(CCC(=O)O)C2)n1. The summed E-state index contributed by atoms with van der Waals surface area (Å²) in [6.45, 7) is 1.65. The van der Waals surface area contributed by atoms with E-state index in [1.807, 2.05) is 6.07 Å². The highest BCUT2D eigenvalue weighted by atomic mass is 16.4. The van der Waals surface area contributed by atoms with Gasteiger partial charge in [0, 0.05) is 19.5 Å². The van der Waals surface area contributed by atoms with Gasteiger partial charge in [-0.1, -0.05) is 6.07 Å².